The number of likely N-dealkylation sites (tertiary alicyclic amines) is 1. The fourth-order valence-corrected chi connectivity index (χ4v) is 4.58. The summed E-state index contributed by atoms with van der Waals surface area (Å²) in [6.45, 7) is 2.34. The van der Waals surface area contributed by atoms with Crippen LogP contribution in [0.25, 0.3) is 0 Å². The van der Waals surface area contributed by atoms with E-state index in [2.05, 4.69) is 4.90 Å². The van der Waals surface area contributed by atoms with Crippen molar-refractivity contribution >= 4 is 23.4 Å². The van der Waals surface area contributed by atoms with Crippen LogP contribution in [0.15, 0.2) is 48.5 Å². The zero-order valence-electron chi connectivity index (χ0n) is 16.9. The highest BCUT2D eigenvalue weighted by Gasteiger charge is 2.43. The van der Waals surface area contributed by atoms with Crippen LogP contribution in [0.4, 0.5) is 4.39 Å². The van der Waals surface area contributed by atoms with E-state index >= 15 is 0 Å². The van der Waals surface area contributed by atoms with Crippen LogP contribution in [0.3, 0.4) is 0 Å². The van der Waals surface area contributed by atoms with Crippen molar-refractivity contribution in [2.24, 2.45) is 5.92 Å². The van der Waals surface area contributed by atoms with Gasteiger partial charge in [-0.25, -0.2) is 4.39 Å². The number of amides is 2. The maximum absolute atomic E-state index is 13.8. The summed E-state index contributed by atoms with van der Waals surface area (Å²) >= 11 is 5.79. The highest BCUT2D eigenvalue weighted by Crippen LogP contribution is 2.28. The summed E-state index contributed by atoms with van der Waals surface area (Å²) in [7, 11) is 1.80. The van der Waals surface area contributed by atoms with E-state index in [4.69, 9.17) is 11.6 Å². The van der Waals surface area contributed by atoms with Crippen molar-refractivity contribution < 1.29 is 14.0 Å². The van der Waals surface area contributed by atoms with Gasteiger partial charge >= 0.3 is 0 Å². The molecule has 0 spiro atoms. The standard InChI is InChI=1S/C23H25ClFN3O2/c1-26-21-9-10-27(12-17-7-8-19(24)20(25)11-17)14-18(21)23(30)28(15-22(26)29)13-16-5-3-2-4-6-16/h2-8,11,18,21H,9-10,12-15H2,1H3/t18-,21+/m0/s1. The van der Waals surface area contributed by atoms with Crippen molar-refractivity contribution in [2.45, 2.75) is 25.6 Å². The number of likely N-dealkylation sites (N-methyl/N-ethyl adjacent to an activating group) is 1. The quantitative estimate of drug-likeness (QED) is 0.749. The molecule has 2 atom stereocenters. The first-order valence-corrected chi connectivity index (χ1v) is 10.5. The van der Waals surface area contributed by atoms with Gasteiger partial charge < -0.3 is 9.80 Å². The fraction of sp³-hybridized carbons (Fsp3) is 0.391. The highest BCUT2D eigenvalue weighted by molar-refractivity contribution is 6.30. The fourth-order valence-electron chi connectivity index (χ4n) is 4.46. The molecular formula is C23H25ClFN3O2. The molecular weight excluding hydrogens is 405 g/mol. The average molecular weight is 430 g/mol. The van der Waals surface area contributed by atoms with Crippen molar-refractivity contribution in [2.75, 3.05) is 26.7 Å². The van der Waals surface area contributed by atoms with Crippen LogP contribution < -0.4 is 0 Å². The summed E-state index contributed by atoms with van der Waals surface area (Å²) in [6.07, 6.45) is 0.716. The molecule has 2 fully saturated rings. The molecule has 0 aromatic heterocycles. The van der Waals surface area contributed by atoms with Gasteiger partial charge in [-0.1, -0.05) is 48.0 Å². The van der Waals surface area contributed by atoms with Gasteiger partial charge in [-0.15, -0.1) is 0 Å². The SMILES string of the molecule is CN1C(=O)CN(Cc2ccccc2)C(=O)[C@H]2CN(Cc3ccc(Cl)c(F)c3)CC[C@H]21. The van der Waals surface area contributed by atoms with Crippen molar-refractivity contribution in [1.82, 2.24) is 14.7 Å². The van der Waals surface area contributed by atoms with Gasteiger partial charge in [0.25, 0.3) is 0 Å². The molecule has 2 saturated heterocycles. The van der Waals surface area contributed by atoms with Gasteiger partial charge in [0.15, 0.2) is 0 Å². The van der Waals surface area contributed by atoms with Gasteiger partial charge in [-0.2, -0.15) is 0 Å². The summed E-state index contributed by atoms with van der Waals surface area (Å²) in [4.78, 5) is 31.7. The Balaban J connectivity index is 1.52. The summed E-state index contributed by atoms with van der Waals surface area (Å²) in [5.41, 5.74) is 1.83. The van der Waals surface area contributed by atoms with Gasteiger partial charge in [0.2, 0.25) is 11.8 Å². The normalized spacial score (nSPS) is 22.8. The lowest BCUT2D eigenvalue weighted by Gasteiger charge is -2.40. The van der Waals surface area contributed by atoms with E-state index in [0.29, 0.717) is 26.1 Å². The predicted molar refractivity (Wildman–Crippen MR) is 113 cm³/mol. The van der Waals surface area contributed by atoms with Gasteiger partial charge in [0, 0.05) is 39.3 Å². The maximum Gasteiger partial charge on any atom is 0.242 e. The predicted octanol–water partition coefficient (Wildman–Crippen LogP) is 3.17. The first-order chi connectivity index (χ1) is 14.4. The monoisotopic (exact) mass is 429 g/mol. The molecule has 0 aliphatic carbocycles. The number of piperidine rings is 1. The molecule has 2 aliphatic rings. The number of benzene rings is 2. The molecule has 7 heteroatoms. The number of halogens is 2. The number of hydrogen-bond donors (Lipinski definition) is 0. The van der Waals surface area contributed by atoms with Crippen molar-refractivity contribution in [3.8, 4) is 0 Å². The zero-order valence-corrected chi connectivity index (χ0v) is 17.7. The molecule has 158 valence electrons. The Bertz CT molecular complexity index is 939. The van der Waals surface area contributed by atoms with Crippen molar-refractivity contribution in [3.63, 3.8) is 0 Å². The molecule has 2 aromatic rings. The summed E-state index contributed by atoms with van der Waals surface area (Å²) < 4.78 is 13.8. The third-order valence-corrected chi connectivity index (χ3v) is 6.42. The third kappa shape index (κ3) is 4.35. The van der Waals surface area contributed by atoms with E-state index in [1.54, 1.807) is 22.9 Å². The number of hydrogen-bond acceptors (Lipinski definition) is 3. The second-order valence-corrected chi connectivity index (χ2v) is 8.54. The molecule has 0 radical (unpaired) electrons. The second kappa shape index (κ2) is 8.74. The molecule has 2 amide bonds. The molecule has 0 bridgehead atoms. The molecule has 2 heterocycles. The summed E-state index contributed by atoms with van der Waals surface area (Å²) in [5, 5.41) is 0.105. The van der Waals surface area contributed by atoms with E-state index in [-0.39, 0.29) is 35.3 Å². The number of fused-ring (bicyclic) bond motifs is 1. The van der Waals surface area contributed by atoms with Gasteiger partial charge in [-0.3, -0.25) is 14.5 Å². The van der Waals surface area contributed by atoms with Crippen LogP contribution in [0, 0.1) is 11.7 Å². The maximum atomic E-state index is 13.8. The van der Waals surface area contributed by atoms with E-state index in [1.165, 1.54) is 6.07 Å². The molecule has 5 nitrogen and oxygen atoms in total. The number of carbonyl (C=O) groups excluding carboxylic acids is 2. The lowest BCUT2D eigenvalue weighted by Crippen LogP contribution is -2.53. The molecule has 2 aliphatic heterocycles. The Morgan fingerprint density at radius 2 is 1.83 bits per heavy atom. The Hall–Kier alpha value is -2.44. The lowest BCUT2D eigenvalue weighted by molar-refractivity contribution is -0.138. The second-order valence-electron chi connectivity index (χ2n) is 8.13. The molecule has 4 rings (SSSR count). The Morgan fingerprint density at radius 3 is 2.57 bits per heavy atom. The van der Waals surface area contributed by atoms with E-state index in [0.717, 1.165) is 17.7 Å². The smallest absolute Gasteiger partial charge is 0.242 e. The summed E-state index contributed by atoms with van der Waals surface area (Å²) in [6, 6.07) is 14.4. The molecule has 0 N–H and O–H groups in total. The van der Waals surface area contributed by atoms with Gasteiger partial charge in [0.1, 0.15) is 12.4 Å². The van der Waals surface area contributed by atoms with Crippen LogP contribution in [0.1, 0.15) is 17.5 Å². The van der Waals surface area contributed by atoms with Crippen LogP contribution in [-0.4, -0.2) is 59.2 Å². The van der Waals surface area contributed by atoms with Crippen LogP contribution in [-0.2, 0) is 22.7 Å². The van der Waals surface area contributed by atoms with E-state index < -0.39 is 5.82 Å². The van der Waals surface area contributed by atoms with Crippen molar-refractivity contribution in [3.05, 3.63) is 70.5 Å². The number of carbonyl (C=O) groups is 2. The number of nitrogens with zero attached hydrogens (tertiary/aromatic N) is 3. The topological polar surface area (TPSA) is 43.9 Å². The van der Waals surface area contributed by atoms with Crippen LogP contribution in [0.2, 0.25) is 5.02 Å². The molecule has 2 aromatic carbocycles. The molecule has 0 unspecified atom stereocenters. The minimum absolute atomic E-state index is 0.00791. The molecule has 30 heavy (non-hydrogen) atoms. The first kappa shape index (κ1) is 20.8. The summed E-state index contributed by atoms with van der Waals surface area (Å²) in [5.74, 6) is -0.751. The third-order valence-electron chi connectivity index (χ3n) is 6.11. The van der Waals surface area contributed by atoms with Crippen molar-refractivity contribution in [1.29, 1.82) is 0 Å². The zero-order chi connectivity index (χ0) is 21.3. The minimum Gasteiger partial charge on any atom is -0.340 e. The average Bonchev–Trinajstić information content (AvgIpc) is 2.83. The Labute approximate surface area is 181 Å². The van der Waals surface area contributed by atoms with Crippen LogP contribution in [0.5, 0.6) is 0 Å². The number of rotatable bonds is 4. The minimum atomic E-state index is -0.436. The highest BCUT2D eigenvalue weighted by atomic mass is 35.5. The lowest BCUT2D eigenvalue weighted by atomic mass is 9.90. The molecule has 0 saturated carbocycles. The first-order valence-electron chi connectivity index (χ1n) is 10.2. The van der Waals surface area contributed by atoms with Crippen LogP contribution >= 0.6 is 11.6 Å². The Morgan fingerprint density at radius 1 is 1.07 bits per heavy atom. The van der Waals surface area contributed by atoms with E-state index in [1.807, 2.05) is 36.4 Å². The van der Waals surface area contributed by atoms with Gasteiger partial charge in [0.05, 0.1) is 10.9 Å². The largest absolute Gasteiger partial charge is 0.340 e. The van der Waals surface area contributed by atoms with Gasteiger partial charge in [-0.05, 0) is 29.7 Å². The Kier molecular flexibility index (Phi) is 6.06. The van der Waals surface area contributed by atoms with E-state index in [9.17, 15) is 14.0 Å².